The van der Waals surface area contributed by atoms with Gasteiger partial charge in [0.1, 0.15) is 5.75 Å². The molecular weight excluding hydrogens is 466 g/mol. The zero-order valence-corrected chi connectivity index (χ0v) is 18.3. The molecule has 0 bridgehead atoms. The highest BCUT2D eigenvalue weighted by atomic mass is 35.5. The van der Waals surface area contributed by atoms with E-state index in [0.717, 1.165) is 5.56 Å². The molecule has 0 spiro atoms. The highest BCUT2D eigenvalue weighted by molar-refractivity contribution is 6.44. The van der Waals surface area contributed by atoms with Crippen molar-refractivity contribution in [1.82, 2.24) is 0 Å². The van der Waals surface area contributed by atoms with Gasteiger partial charge in [0.05, 0.1) is 39.6 Å². The number of aromatic hydroxyl groups is 1. The summed E-state index contributed by atoms with van der Waals surface area (Å²) >= 11 is 24.5. The lowest BCUT2D eigenvalue weighted by molar-refractivity contribution is 0.477. The second-order valence-corrected chi connectivity index (χ2v) is 7.72. The van der Waals surface area contributed by atoms with E-state index in [-0.39, 0.29) is 18.3 Å². The number of guanidine groups is 1. The Bertz CT molecular complexity index is 1160. The average molecular weight is 480 g/mol. The van der Waals surface area contributed by atoms with Crippen molar-refractivity contribution in [2.75, 3.05) is 10.6 Å². The molecule has 3 rings (SSSR count). The Morgan fingerprint density at radius 3 is 2.40 bits per heavy atom. The fourth-order valence-electron chi connectivity index (χ4n) is 2.49. The number of aliphatic imine (C=N–C) groups is 1. The van der Waals surface area contributed by atoms with E-state index in [1.807, 2.05) is 6.07 Å². The molecule has 0 aliphatic carbocycles. The number of anilines is 2. The number of phenols is 1. The van der Waals surface area contributed by atoms with Crippen molar-refractivity contribution in [3.63, 3.8) is 0 Å². The standard InChI is InChI=1S/C21H14Cl4N4O/c22-14-6-5-13(16(24)9-14)11-27-21(29-18-3-1-2-15(23)20(18)25)28-17-7-4-12(10-26)8-19(17)30/h1-9,30H,11H2,(H2,27,28,29). The summed E-state index contributed by atoms with van der Waals surface area (Å²) in [6, 6.07) is 16.7. The van der Waals surface area contributed by atoms with Crippen LogP contribution in [-0.2, 0) is 6.54 Å². The van der Waals surface area contributed by atoms with Crippen LogP contribution in [0.1, 0.15) is 11.1 Å². The predicted octanol–water partition coefficient (Wildman–Crippen LogP) is 6.96. The van der Waals surface area contributed by atoms with Crippen LogP contribution in [-0.4, -0.2) is 11.1 Å². The highest BCUT2D eigenvalue weighted by Gasteiger charge is 2.11. The number of nitriles is 1. The van der Waals surface area contributed by atoms with Crippen molar-refractivity contribution in [2.24, 2.45) is 4.99 Å². The normalized spacial score (nSPS) is 11.1. The molecule has 0 aliphatic heterocycles. The molecule has 0 aliphatic rings. The Morgan fingerprint density at radius 2 is 1.70 bits per heavy atom. The fraction of sp³-hybridized carbons (Fsp3) is 0.0476. The second kappa shape index (κ2) is 9.92. The summed E-state index contributed by atoms with van der Waals surface area (Å²) in [5.41, 5.74) is 1.95. The van der Waals surface area contributed by atoms with Crippen LogP contribution in [0.25, 0.3) is 0 Å². The molecule has 30 heavy (non-hydrogen) atoms. The molecule has 0 atom stereocenters. The van der Waals surface area contributed by atoms with Gasteiger partial charge in [-0.2, -0.15) is 5.26 Å². The van der Waals surface area contributed by atoms with Crippen molar-refractivity contribution in [2.45, 2.75) is 6.54 Å². The van der Waals surface area contributed by atoms with E-state index in [1.54, 1.807) is 48.5 Å². The van der Waals surface area contributed by atoms with E-state index in [4.69, 9.17) is 51.7 Å². The third-order valence-corrected chi connectivity index (χ3v) is 5.41. The maximum absolute atomic E-state index is 10.2. The summed E-state index contributed by atoms with van der Waals surface area (Å²) in [4.78, 5) is 4.52. The second-order valence-electron chi connectivity index (χ2n) is 6.10. The van der Waals surface area contributed by atoms with Crippen molar-refractivity contribution in [3.05, 3.63) is 85.8 Å². The first-order chi connectivity index (χ1) is 14.4. The van der Waals surface area contributed by atoms with Gasteiger partial charge in [-0.05, 0) is 48.0 Å². The molecule has 0 heterocycles. The van der Waals surface area contributed by atoms with Crippen LogP contribution >= 0.6 is 46.4 Å². The molecule has 9 heteroatoms. The van der Waals surface area contributed by atoms with E-state index in [1.165, 1.54) is 6.07 Å². The molecule has 0 radical (unpaired) electrons. The van der Waals surface area contributed by atoms with Crippen LogP contribution in [0, 0.1) is 11.3 Å². The Hall–Kier alpha value is -2.62. The Balaban J connectivity index is 1.93. The van der Waals surface area contributed by atoms with Gasteiger partial charge < -0.3 is 15.7 Å². The molecule has 0 unspecified atom stereocenters. The Labute approximate surface area is 193 Å². The van der Waals surface area contributed by atoms with E-state index >= 15 is 0 Å². The van der Waals surface area contributed by atoms with Crippen LogP contribution in [0.2, 0.25) is 20.1 Å². The van der Waals surface area contributed by atoms with E-state index in [9.17, 15) is 5.11 Å². The van der Waals surface area contributed by atoms with Crippen LogP contribution in [0.5, 0.6) is 5.75 Å². The zero-order valence-electron chi connectivity index (χ0n) is 15.3. The molecule has 3 aromatic rings. The van der Waals surface area contributed by atoms with Gasteiger partial charge in [0.2, 0.25) is 5.96 Å². The smallest absolute Gasteiger partial charge is 0.200 e. The number of phenolic OH excluding ortho intramolecular Hbond substituents is 1. The summed E-state index contributed by atoms with van der Waals surface area (Å²) in [5.74, 6) is 0.176. The maximum Gasteiger partial charge on any atom is 0.200 e. The number of hydrogen-bond acceptors (Lipinski definition) is 3. The lowest BCUT2D eigenvalue weighted by Gasteiger charge is -2.15. The van der Waals surface area contributed by atoms with Crippen LogP contribution in [0.4, 0.5) is 11.4 Å². The number of halogens is 4. The molecule has 0 fully saturated rings. The lowest BCUT2D eigenvalue weighted by Crippen LogP contribution is -2.22. The van der Waals surface area contributed by atoms with Gasteiger partial charge in [-0.15, -0.1) is 0 Å². The van der Waals surface area contributed by atoms with Crippen LogP contribution in [0.15, 0.2) is 59.6 Å². The maximum atomic E-state index is 10.2. The minimum absolute atomic E-state index is 0.106. The Morgan fingerprint density at radius 1 is 0.933 bits per heavy atom. The Kier molecular flexibility index (Phi) is 7.30. The topological polar surface area (TPSA) is 80.4 Å². The highest BCUT2D eigenvalue weighted by Crippen LogP contribution is 2.30. The van der Waals surface area contributed by atoms with Gasteiger partial charge in [-0.3, -0.25) is 0 Å². The van der Waals surface area contributed by atoms with Gasteiger partial charge in [-0.1, -0.05) is 58.5 Å². The first-order valence-electron chi connectivity index (χ1n) is 8.57. The molecule has 152 valence electrons. The molecular formula is C21H14Cl4N4O. The quantitative estimate of drug-likeness (QED) is 0.214. The molecule has 0 aromatic heterocycles. The number of nitrogens with zero attached hydrogens (tertiary/aromatic N) is 2. The number of hydrogen-bond donors (Lipinski definition) is 3. The molecule has 0 saturated carbocycles. The van der Waals surface area contributed by atoms with Crippen molar-refractivity contribution < 1.29 is 5.11 Å². The summed E-state index contributed by atoms with van der Waals surface area (Å²) in [6.45, 7) is 0.223. The summed E-state index contributed by atoms with van der Waals surface area (Å²) in [6.07, 6.45) is 0. The average Bonchev–Trinajstić information content (AvgIpc) is 2.71. The van der Waals surface area contributed by atoms with Gasteiger partial charge >= 0.3 is 0 Å². The van der Waals surface area contributed by atoms with Gasteiger partial charge in [0, 0.05) is 10.0 Å². The predicted molar refractivity (Wildman–Crippen MR) is 124 cm³/mol. The van der Waals surface area contributed by atoms with E-state index < -0.39 is 0 Å². The first kappa shape index (κ1) is 22.1. The van der Waals surface area contributed by atoms with E-state index in [0.29, 0.717) is 37.0 Å². The van der Waals surface area contributed by atoms with Crippen molar-refractivity contribution >= 4 is 63.7 Å². The molecule has 0 saturated heterocycles. The zero-order chi connectivity index (χ0) is 21.7. The molecule has 0 amide bonds. The molecule has 3 aromatic carbocycles. The largest absolute Gasteiger partial charge is 0.506 e. The monoisotopic (exact) mass is 478 g/mol. The summed E-state index contributed by atoms with van der Waals surface area (Å²) in [7, 11) is 0. The summed E-state index contributed by atoms with van der Waals surface area (Å²) < 4.78 is 0. The number of nitrogens with one attached hydrogen (secondary N) is 2. The van der Waals surface area contributed by atoms with Crippen molar-refractivity contribution in [1.29, 1.82) is 5.26 Å². The minimum Gasteiger partial charge on any atom is -0.506 e. The molecule has 5 nitrogen and oxygen atoms in total. The number of benzene rings is 3. The van der Waals surface area contributed by atoms with Crippen molar-refractivity contribution in [3.8, 4) is 11.8 Å². The van der Waals surface area contributed by atoms with Gasteiger partial charge in [0.25, 0.3) is 0 Å². The third-order valence-electron chi connectivity index (χ3n) is 4.01. The van der Waals surface area contributed by atoms with Gasteiger partial charge in [-0.25, -0.2) is 4.99 Å². The first-order valence-corrected chi connectivity index (χ1v) is 10.1. The van der Waals surface area contributed by atoms with Crippen LogP contribution < -0.4 is 10.6 Å². The third kappa shape index (κ3) is 5.50. The van der Waals surface area contributed by atoms with Gasteiger partial charge in [0.15, 0.2) is 0 Å². The molecule has 3 N–H and O–H groups in total. The SMILES string of the molecule is N#Cc1ccc(NC(=NCc2ccc(Cl)cc2Cl)Nc2cccc(Cl)c2Cl)c(O)c1. The summed E-state index contributed by atoms with van der Waals surface area (Å²) in [5, 5.41) is 27.0. The van der Waals surface area contributed by atoms with E-state index in [2.05, 4.69) is 15.6 Å². The minimum atomic E-state index is -0.106. The van der Waals surface area contributed by atoms with Crippen LogP contribution in [0.3, 0.4) is 0 Å². The lowest BCUT2D eigenvalue weighted by atomic mass is 10.2. The number of rotatable bonds is 4. The fourth-order valence-corrected chi connectivity index (χ4v) is 3.30.